The van der Waals surface area contributed by atoms with Gasteiger partial charge in [-0.05, 0) is 31.0 Å². The van der Waals surface area contributed by atoms with Gasteiger partial charge in [-0.2, -0.15) is 21.6 Å². The summed E-state index contributed by atoms with van der Waals surface area (Å²) >= 11 is 0. The maximum absolute atomic E-state index is 12.6. The fourth-order valence-corrected chi connectivity index (χ4v) is 3.92. The largest absolute Gasteiger partial charge is 0.525 e. The second-order valence-corrected chi connectivity index (χ2v) is 7.95. The van der Waals surface area contributed by atoms with Gasteiger partial charge in [0.25, 0.3) is 11.8 Å². The van der Waals surface area contributed by atoms with Crippen LogP contribution in [0.4, 0.5) is 18.9 Å². The molecule has 4 rings (SSSR count). The zero-order chi connectivity index (χ0) is 20.3. The summed E-state index contributed by atoms with van der Waals surface area (Å²) in [4.78, 5) is 27.3. The highest BCUT2D eigenvalue weighted by atomic mass is 32.2. The zero-order valence-corrected chi connectivity index (χ0v) is 15.0. The van der Waals surface area contributed by atoms with Crippen LogP contribution in [0, 0.1) is 0 Å². The van der Waals surface area contributed by atoms with Crippen LogP contribution in [0.1, 0.15) is 33.6 Å². The predicted molar refractivity (Wildman–Crippen MR) is 92.0 cm³/mol. The number of hydrogen-bond donors (Lipinski definition) is 0. The highest BCUT2D eigenvalue weighted by molar-refractivity contribution is 7.87. The number of hydrogen-bond acceptors (Lipinski definition) is 6. The fourth-order valence-electron chi connectivity index (χ4n) is 3.50. The molecule has 0 saturated carbocycles. The molecule has 2 aliphatic heterocycles. The van der Waals surface area contributed by atoms with Crippen molar-refractivity contribution in [3.05, 3.63) is 41.5 Å². The summed E-state index contributed by atoms with van der Waals surface area (Å²) in [5.41, 5.74) is -5.19. The molecule has 0 atom stereocenters. The summed E-state index contributed by atoms with van der Waals surface area (Å²) in [6.45, 7) is 1.61. The van der Waals surface area contributed by atoms with Crippen LogP contribution in [0.2, 0.25) is 0 Å². The van der Waals surface area contributed by atoms with E-state index in [-0.39, 0.29) is 21.6 Å². The van der Waals surface area contributed by atoms with E-state index in [4.69, 9.17) is 0 Å². The van der Waals surface area contributed by atoms with Gasteiger partial charge in [0.05, 0.1) is 11.1 Å². The minimum atomic E-state index is -6.18. The summed E-state index contributed by atoms with van der Waals surface area (Å²) in [6.07, 6.45) is 2.00. The number of nitrogens with zero attached hydrogens (tertiary/aromatic N) is 2. The second kappa shape index (κ2) is 6.17. The quantitative estimate of drug-likeness (QED) is 0.567. The van der Waals surface area contributed by atoms with Crippen LogP contribution >= 0.6 is 0 Å². The molecule has 2 aromatic carbocycles. The highest BCUT2D eigenvalue weighted by Crippen LogP contribution is 2.38. The molecule has 2 aromatic rings. The molecule has 7 nitrogen and oxygen atoms in total. The number of halogens is 3. The molecule has 2 aliphatic rings. The van der Waals surface area contributed by atoms with Crippen LogP contribution < -0.4 is 4.90 Å². The maximum Gasteiger partial charge on any atom is 0.525 e. The topological polar surface area (TPSA) is 84.0 Å². The molecule has 0 N–H and O–H groups in total. The van der Waals surface area contributed by atoms with E-state index < -0.39 is 27.4 Å². The number of imide groups is 1. The maximum atomic E-state index is 12.6. The Balaban J connectivity index is 1.84. The number of hydroxylamine groups is 2. The first-order chi connectivity index (χ1) is 13.1. The minimum Gasteiger partial charge on any atom is -0.371 e. The molecule has 148 valence electrons. The zero-order valence-electron chi connectivity index (χ0n) is 14.2. The molecule has 0 unspecified atom stereocenters. The van der Waals surface area contributed by atoms with E-state index in [0.717, 1.165) is 31.6 Å². The molecule has 2 heterocycles. The van der Waals surface area contributed by atoms with Gasteiger partial charge in [0, 0.05) is 29.5 Å². The average Bonchev–Trinajstić information content (AvgIpc) is 3.16. The molecule has 28 heavy (non-hydrogen) atoms. The van der Waals surface area contributed by atoms with E-state index >= 15 is 0 Å². The Bertz CT molecular complexity index is 1090. The van der Waals surface area contributed by atoms with Crippen molar-refractivity contribution in [2.75, 3.05) is 18.0 Å². The lowest BCUT2D eigenvalue weighted by Crippen LogP contribution is -2.44. The third kappa shape index (κ3) is 2.73. The van der Waals surface area contributed by atoms with Crippen LogP contribution in [-0.4, -0.2) is 43.9 Å². The van der Waals surface area contributed by atoms with Gasteiger partial charge in [-0.25, -0.2) is 0 Å². The number of rotatable bonds is 3. The number of carbonyl (C=O) groups is 2. The fraction of sp³-hybridized carbons (Fsp3) is 0.294. The molecule has 0 spiro atoms. The van der Waals surface area contributed by atoms with Gasteiger partial charge in [0.2, 0.25) is 0 Å². The monoisotopic (exact) mass is 414 g/mol. The average molecular weight is 414 g/mol. The van der Waals surface area contributed by atoms with Gasteiger partial charge in [0.1, 0.15) is 0 Å². The number of anilines is 1. The van der Waals surface area contributed by atoms with Crippen LogP contribution in [0.15, 0.2) is 30.3 Å². The predicted octanol–water partition coefficient (Wildman–Crippen LogP) is 2.82. The van der Waals surface area contributed by atoms with Crippen LogP contribution in [0.25, 0.3) is 10.8 Å². The van der Waals surface area contributed by atoms with Crippen molar-refractivity contribution in [2.24, 2.45) is 0 Å². The van der Waals surface area contributed by atoms with Crippen LogP contribution in [0.3, 0.4) is 0 Å². The van der Waals surface area contributed by atoms with Crippen molar-refractivity contribution in [3.63, 3.8) is 0 Å². The molecule has 1 saturated heterocycles. The molecular formula is C17H13F3N2O5S. The van der Waals surface area contributed by atoms with Crippen LogP contribution in [-0.2, 0) is 14.4 Å². The molecule has 0 bridgehead atoms. The Hall–Kier alpha value is -2.66. The molecule has 0 aliphatic carbocycles. The van der Waals surface area contributed by atoms with Gasteiger partial charge in [-0.15, -0.1) is 9.35 Å². The smallest absolute Gasteiger partial charge is 0.371 e. The van der Waals surface area contributed by atoms with Gasteiger partial charge in [-0.3, -0.25) is 9.59 Å². The van der Waals surface area contributed by atoms with E-state index in [9.17, 15) is 31.2 Å². The van der Waals surface area contributed by atoms with Gasteiger partial charge in [0.15, 0.2) is 0 Å². The van der Waals surface area contributed by atoms with Crippen molar-refractivity contribution in [1.29, 1.82) is 0 Å². The van der Waals surface area contributed by atoms with E-state index in [0.29, 0.717) is 5.39 Å². The third-order valence-corrected chi connectivity index (χ3v) is 5.66. The van der Waals surface area contributed by atoms with Gasteiger partial charge >= 0.3 is 15.6 Å². The summed E-state index contributed by atoms with van der Waals surface area (Å²) in [5, 5.41) is 0.512. The van der Waals surface area contributed by atoms with E-state index in [2.05, 4.69) is 9.18 Å². The Labute approximate surface area is 157 Å². The Morgan fingerprint density at radius 2 is 1.54 bits per heavy atom. The van der Waals surface area contributed by atoms with Crippen molar-refractivity contribution in [3.8, 4) is 0 Å². The summed E-state index contributed by atoms with van der Waals surface area (Å²) in [5.74, 6) is -2.54. The van der Waals surface area contributed by atoms with Crippen molar-refractivity contribution in [1.82, 2.24) is 5.06 Å². The number of amides is 2. The Morgan fingerprint density at radius 1 is 0.929 bits per heavy atom. The van der Waals surface area contributed by atoms with Crippen molar-refractivity contribution >= 4 is 38.4 Å². The van der Waals surface area contributed by atoms with Crippen LogP contribution in [0.5, 0.6) is 0 Å². The lowest BCUT2D eigenvalue weighted by Gasteiger charge is -2.27. The summed E-state index contributed by atoms with van der Waals surface area (Å²) in [6, 6.07) is 7.54. The van der Waals surface area contributed by atoms with Crippen molar-refractivity contribution < 1.29 is 35.5 Å². The molecule has 1 fully saturated rings. The standard InChI is InChI=1S/C17H13F3N2O5S/c18-17(19,20)28(25,26)27-22-15(23)11-5-3-4-10-13(21-8-1-2-9-21)7-6-12(14(10)11)16(22)24/h3-7H,1-2,8-9H2. The van der Waals surface area contributed by atoms with E-state index in [1.54, 1.807) is 12.1 Å². The minimum absolute atomic E-state index is 0.106. The number of alkyl halides is 3. The van der Waals surface area contributed by atoms with Crippen molar-refractivity contribution in [2.45, 2.75) is 18.3 Å². The van der Waals surface area contributed by atoms with Gasteiger partial charge < -0.3 is 4.90 Å². The molecule has 0 aromatic heterocycles. The summed E-state index contributed by atoms with van der Waals surface area (Å²) in [7, 11) is -6.18. The normalized spacial score (nSPS) is 17.7. The molecule has 2 amide bonds. The first-order valence-corrected chi connectivity index (χ1v) is 9.73. The first-order valence-electron chi connectivity index (χ1n) is 8.32. The first kappa shape index (κ1) is 18.7. The number of carbonyl (C=O) groups excluding carboxylic acids is 2. The molecule has 11 heteroatoms. The summed E-state index contributed by atoms with van der Waals surface area (Å²) < 4.78 is 64.3. The number of benzene rings is 2. The highest BCUT2D eigenvalue weighted by Gasteiger charge is 2.51. The second-order valence-electron chi connectivity index (χ2n) is 6.43. The van der Waals surface area contributed by atoms with E-state index in [1.165, 1.54) is 18.2 Å². The SMILES string of the molecule is O=C1c2cccc3c(N4CCCC4)ccc(c23)C(=O)N1OS(=O)(=O)C(F)(F)F. The molecule has 0 radical (unpaired) electrons. The lowest BCUT2D eigenvalue weighted by atomic mass is 9.93. The van der Waals surface area contributed by atoms with Gasteiger partial charge in [-0.1, -0.05) is 12.1 Å². The lowest BCUT2D eigenvalue weighted by molar-refractivity contribution is -0.0761. The Kier molecular flexibility index (Phi) is 4.12. The molecular weight excluding hydrogens is 401 g/mol. The third-order valence-electron chi connectivity index (χ3n) is 4.75. The Morgan fingerprint density at radius 3 is 2.14 bits per heavy atom. The van der Waals surface area contributed by atoms with E-state index in [1.807, 2.05) is 0 Å².